The molecule has 0 spiro atoms. The monoisotopic (exact) mass is 147 g/mol. The Hall–Kier alpha value is -0.810. The zero-order chi connectivity index (χ0) is 7.40. The van der Waals surface area contributed by atoms with E-state index in [0.717, 1.165) is 0 Å². The van der Waals surface area contributed by atoms with Crippen LogP contribution >= 0.6 is 0 Å². The number of carbonyl (C=O) groups excluding carboxylic acids is 1. The van der Waals surface area contributed by atoms with Gasteiger partial charge in [-0.15, -0.1) is 0 Å². The zero-order valence-corrected chi connectivity index (χ0v) is 5.41. The first-order chi connectivity index (χ1) is 4.83. The molecule has 1 fully saturated rings. The second-order valence-electron chi connectivity index (χ2n) is 1.84. The van der Waals surface area contributed by atoms with Crippen LogP contribution in [0.4, 0.5) is 4.79 Å². The Balaban J connectivity index is 2.12. The highest BCUT2D eigenvalue weighted by Gasteiger charge is 2.24. The third-order valence-corrected chi connectivity index (χ3v) is 1.07. The highest BCUT2D eigenvalue weighted by Crippen LogP contribution is 2.05. The summed E-state index contributed by atoms with van der Waals surface area (Å²) < 4.78 is 13.9. The number of rotatable bonds is 3. The first-order valence-electron chi connectivity index (χ1n) is 2.94. The average Bonchev–Trinajstić information content (AvgIpc) is 2.31. The van der Waals surface area contributed by atoms with Crippen molar-refractivity contribution in [2.75, 3.05) is 19.9 Å². The van der Waals surface area contributed by atoms with Crippen molar-refractivity contribution in [1.82, 2.24) is 0 Å². The molecule has 0 amide bonds. The van der Waals surface area contributed by atoms with Gasteiger partial charge in [-0.2, -0.15) is 0 Å². The molecule has 5 nitrogen and oxygen atoms in total. The normalized spacial score (nSPS) is 24.1. The molecule has 0 aromatic carbocycles. The molecule has 1 atom stereocenters. The Labute approximate surface area is 58.0 Å². The number of carbonyl (C=O) groups is 1. The van der Waals surface area contributed by atoms with Crippen molar-refractivity contribution in [1.29, 1.82) is 0 Å². The predicted molar refractivity (Wildman–Crippen MR) is 31.2 cm³/mol. The maximum Gasteiger partial charge on any atom is 0.508 e. The lowest BCUT2D eigenvalue weighted by molar-refractivity contribution is 0.0487. The third kappa shape index (κ3) is 1.85. The van der Waals surface area contributed by atoms with Gasteiger partial charge in [-0.05, 0) is 0 Å². The van der Waals surface area contributed by atoms with Gasteiger partial charge in [-0.1, -0.05) is 0 Å². The summed E-state index contributed by atoms with van der Waals surface area (Å²) in [6, 6.07) is 0. The standard InChI is InChI=1S/C5H9NO4/c6-3-8-1-4-2-9-5(7)10-4/h4H,1-3,6H2. The van der Waals surface area contributed by atoms with Gasteiger partial charge in [0.1, 0.15) is 6.61 Å². The predicted octanol–water partition coefficient (Wildman–Crippen LogP) is -0.545. The van der Waals surface area contributed by atoms with Crippen LogP contribution < -0.4 is 5.73 Å². The summed E-state index contributed by atoms with van der Waals surface area (Å²) in [5.74, 6) is 0. The molecular weight excluding hydrogens is 138 g/mol. The Morgan fingerprint density at radius 3 is 3.10 bits per heavy atom. The van der Waals surface area contributed by atoms with Gasteiger partial charge in [0.05, 0.1) is 13.3 Å². The highest BCUT2D eigenvalue weighted by molar-refractivity contribution is 5.61. The Morgan fingerprint density at radius 2 is 2.60 bits per heavy atom. The molecular formula is C5H9NO4. The quantitative estimate of drug-likeness (QED) is 0.428. The number of cyclic esters (lactones) is 2. The van der Waals surface area contributed by atoms with Crippen LogP contribution in [0, 0.1) is 0 Å². The molecule has 0 aromatic heterocycles. The van der Waals surface area contributed by atoms with Crippen LogP contribution in [0.25, 0.3) is 0 Å². The van der Waals surface area contributed by atoms with Gasteiger partial charge in [0.25, 0.3) is 0 Å². The fourth-order valence-electron chi connectivity index (χ4n) is 0.647. The molecule has 58 valence electrons. The smallest absolute Gasteiger partial charge is 0.430 e. The minimum Gasteiger partial charge on any atom is -0.430 e. The van der Waals surface area contributed by atoms with E-state index >= 15 is 0 Å². The molecule has 0 radical (unpaired) electrons. The van der Waals surface area contributed by atoms with E-state index in [9.17, 15) is 4.79 Å². The van der Waals surface area contributed by atoms with Gasteiger partial charge >= 0.3 is 6.16 Å². The molecule has 0 bridgehead atoms. The molecule has 10 heavy (non-hydrogen) atoms. The lowest BCUT2D eigenvalue weighted by Gasteiger charge is -2.03. The molecule has 1 unspecified atom stereocenters. The molecule has 1 aliphatic heterocycles. The fraction of sp³-hybridized carbons (Fsp3) is 0.800. The fourth-order valence-corrected chi connectivity index (χ4v) is 0.647. The molecule has 5 heteroatoms. The van der Waals surface area contributed by atoms with E-state index in [-0.39, 0.29) is 19.4 Å². The second kappa shape index (κ2) is 3.38. The first-order valence-corrected chi connectivity index (χ1v) is 2.94. The van der Waals surface area contributed by atoms with Gasteiger partial charge in [0.2, 0.25) is 0 Å². The summed E-state index contributed by atoms with van der Waals surface area (Å²) in [4.78, 5) is 10.3. The molecule has 1 saturated heterocycles. The van der Waals surface area contributed by atoms with Crippen molar-refractivity contribution in [2.24, 2.45) is 5.73 Å². The van der Waals surface area contributed by atoms with Crippen molar-refractivity contribution < 1.29 is 19.0 Å². The van der Waals surface area contributed by atoms with Crippen LogP contribution in [0.2, 0.25) is 0 Å². The van der Waals surface area contributed by atoms with Crippen molar-refractivity contribution in [3.05, 3.63) is 0 Å². The van der Waals surface area contributed by atoms with Gasteiger partial charge < -0.3 is 19.9 Å². The van der Waals surface area contributed by atoms with Crippen molar-refractivity contribution in [3.63, 3.8) is 0 Å². The number of ether oxygens (including phenoxy) is 3. The van der Waals surface area contributed by atoms with Gasteiger partial charge in [0.15, 0.2) is 6.10 Å². The summed E-state index contributed by atoms with van der Waals surface area (Å²) in [7, 11) is 0. The van der Waals surface area contributed by atoms with Crippen LogP contribution in [-0.4, -0.2) is 32.2 Å². The lowest BCUT2D eigenvalue weighted by atomic mass is 10.4. The number of hydrogen-bond acceptors (Lipinski definition) is 5. The summed E-state index contributed by atoms with van der Waals surface area (Å²) in [6.07, 6.45) is -0.915. The van der Waals surface area contributed by atoms with E-state index in [4.69, 9.17) is 10.5 Å². The van der Waals surface area contributed by atoms with Crippen molar-refractivity contribution in [2.45, 2.75) is 6.10 Å². The van der Waals surface area contributed by atoms with Gasteiger partial charge in [-0.25, -0.2) is 4.79 Å². The van der Waals surface area contributed by atoms with Gasteiger partial charge in [0, 0.05) is 0 Å². The largest absolute Gasteiger partial charge is 0.508 e. The average molecular weight is 147 g/mol. The molecule has 0 aromatic rings. The topological polar surface area (TPSA) is 70.8 Å². The first kappa shape index (κ1) is 7.30. The summed E-state index contributed by atoms with van der Waals surface area (Å²) in [6.45, 7) is 0.703. The van der Waals surface area contributed by atoms with E-state index in [0.29, 0.717) is 6.61 Å². The Kier molecular flexibility index (Phi) is 2.47. The van der Waals surface area contributed by atoms with Gasteiger partial charge in [-0.3, -0.25) is 0 Å². The molecule has 1 aliphatic rings. The third-order valence-electron chi connectivity index (χ3n) is 1.07. The molecule has 2 N–H and O–H groups in total. The van der Waals surface area contributed by atoms with Crippen LogP contribution in [0.5, 0.6) is 0 Å². The maximum absolute atomic E-state index is 10.3. The van der Waals surface area contributed by atoms with E-state index < -0.39 is 6.16 Å². The van der Waals surface area contributed by atoms with E-state index in [2.05, 4.69) is 9.47 Å². The maximum atomic E-state index is 10.3. The van der Waals surface area contributed by atoms with E-state index in [1.54, 1.807) is 0 Å². The number of nitrogens with two attached hydrogens (primary N) is 1. The summed E-state index contributed by atoms with van der Waals surface area (Å²) in [5, 5.41) is 0. The Bertz CT molecular complexity index is 127. The van der Waals surface area contributed by atoms with Crippen molar-refractivity contribution >= 4 is 6.16 Å². The zero-order valence-electron chi connectivity index (χ0n) is 5.41. The van der Waals surface area contributed by atoms with Crippen molar-refractivity contribution in [3.8, 4) is 0 Å². The minimum atomic E-state index is -0.634. The lowest BCUT2D eigenvalue weighted by Crippen LogP contribution is -2.20. The SMILES string of the molecule is NCOCC1COC(=O)O1. The van der Waals surface area contributed by atoms with Crippen LogP contribution in [0.3, 0.4) is 0 Å². The Morgan fingerprint density at radius 1 is 1.80 bits per heavy atom. The molecule has 0 saturated carbocycles. The van der Waals surface area contributed by atoms with Crippen LogP contribution in [0.1, 0.15) is 0 Å². The minimum absolute atomic E-state index is 0.133. The number of hydrogen-bond donors (Lipinski definition) is 1. The van der Waals surface area contributed by atoms with Crippen LogP contribution in [-0.2, 0) is 14.2 Å². The summed E-state index contributed by atoms with van der Waals surface area (Å²) >= 11 is 0. The van der Waals surface area contributed by atoms with Crippen LogP contribution in [0.15, 0.2) is 0 Å². The van der Waals surface area contributed by atoms with E-state index in [1.165, 1.54) is 0 Å². The summed E-state index contributed by atoms with van der Waals surface area (Å²) in [5.41, 5.74) is 5.04. The molecule has 1 rings (SSSR count). The molecule has 0 aliphatic carbocycles. The second-order valence-corrected chi connectivity index (χ2v) is 1.84. The highest BCUT2D eigenvalue weighted by atomic mass is 16.8. The molecule has 1 heterocycles. The van der Waals surface area contributed by atoms with E-state index in [1.807, 2.05) is 0 Å².